The van der Waals surface area contributed by atoms with Crippen molar-refractivity contribution in [2.75, 3.05) is 13.2 Å². The Hall–Kier alpha value is -0.890. The van der Waals surface area contributed by atoms with E-state index in [0.717, 1.165) is 6.42 Å². The fourth-order valence-electron chi connectivity index (χ4n) is 1.93. The zero-order valence-electron chi connectivity index (χ0n) is 8.79. The van der Waals surface area contributed by atoms with Gasteiger partial charge in [0.25, 0.3) is 0 Å². The average Bonchev–Trinajstić information content (AvgIpc) is 2.68. The molecule has 0 bridgehead atoms. The van der Waals surface area contributed by atoms with Crippen LogP contribution in [0.15, 0.2) is 0 Å². The van der Waals surface area contributed by atoms with E-state index in [1.54, 1.807) is 0 Å². The third-order valence-corrected chi connectivity index (χ3v) is 3.17. The molecule has 96 valence electrons. The van der Waals surface area contributed by atoms with Crippen LogP contribution >= 0.6 is 12.2 Å². The number of carbonyl (C=O) groups excluding carboxylic acids is 1. The summed E-state index contributed by atoms with van der Waals surface area (Å²) in [5, 5.41) is 2.10. The molecule has 2 rings (SSSR count). The predicted molar refractivity (Wildman–Crippen MR) is 56.0 cm³/mol. The lowest BCUT2D eigenvalue weighted by atomic mass is 10.1. The van der Waals surface area contributed by atoms with Crippen LogP contribution in [-0.2, 0) is 9.53 Å². The molecule has 17 heavy (non-hydrogen) atoms. The summed E-state index contributed by atoms with van der Waals surface area (Å²) in [6, 6.07) is 0. The third kappa shape index (κ3) is 2.52. The van der Waals surface area contributed by atoms with E-state index in [2.05, 4.69) is 5.32 Å². The Morgan fingerprint density at radius 1 is 1.47 bits per heavy atom. The Bertz CT molecular complexity index is 342. The number of halogens is 3. The molecule has 4 nitrogen and oxygen atoms in total. The number of ether oxygens (including phenoxy) is 1. The maximum Gasteiger partial charge on any atom is 0.402 e. The minimum absolute atomic E-state index is 0.0161. The van der Waals surface area contributed by atoms with Crippen molar-refractivity contribution in [2.24, 2.45) is 5.92 Å². The van der Waals surface area contributed by atoms with Gasteiger partial charge in [-0.2, -0.15) is 13.2 Å². The van der Waals surface area contributed by atoms with Gasteiger partial charge >= 0.3 is 6.18 Å². The Morgan fingerprint density at radius 2 is 2.18 bits per heavy atom. The number of nitrogens with zero attached hydrogens (tertiary/aromatic N) is 1. The van der Waals surface area contributed by atoms with Gasteiger partial charge in [0.2, 0.25) is 5.91 Å². The van der Waals surface area contributed by atoms with E-state index in [9.17, 15) is 18.0 Å². The molecule has 2 aliphatic rings. The molecule has 0 aromatic carbocycles. The van der Waals surface area contributed by atoms with Crippen molar-refractivity contribution in [3.05, 3.63) is 0 Å². The van der Waals surface area contributed by atoms with Crippen LogP contribution < -0.4 is 5.32 Å². The maximum atomic E-state index is 12.6. The number of thiocarbonyl (C=S) groups is 1. The molecule has 0 spiro atoms. The van der Waals surface area contributed by atoms with E-state index < -0.39 is 30.8 Å². The highest BCUT2D eigenvalue weighted by Gasteiger charge is 2.50. The highest BCUT2D eigenvalue weighted by molar-refractivity contribution is 7.80. The molecular formula is C9H11F3N2O2S. The highest BCUT2D eigenvalue weighted by atomic mass is 32.1. The number of hydrogen-bond acceptors (Lipinski definition) is 3. The van der Waals surface area contributed by atoms with E-state index in [1.165, 1.54) is 4.90 Å². The van der Waals surface area contributed by atoms with Crippen LogP contribution in [0.4, 0.5) is 13.2 Å². The van der Waals surface area contributed by atoms with Crippen molar-refractivity contribution < 1.29 is 22.7 Å². The Morgan fingerprint density at radius 3 is 2.71 bits per heavy atom. The smallest absolute Gasteiger partial charge is 0.358 e. The zero-order chi connectivity index (χ0) is 12.6. The minimum Gasteiger partial charge on any atom is -0.358 e. The van der Waals surface area contributed by atoms with Crippen molar-refractivity contribution in [1.29, 1.82) is 0 Å². The lowest BCUT2D eigenvalue weighted by Gasteiger charge is -2.37. The molecule has 1 amide bonds. The van der Waals surface area contributed by atoms with Gasteiger partial charge in [-0.05, 0) is 25.1 Å². The van der Waals surface area contributed by atoms with Gasteiger partial charge in [0.1, 0.15) is 6.23 Å². The number of hydrogen-bond donors (Lipinski definition) is 1. The lowest BCUT2D eigenvalue weighted by Crippen LogP contribution is -2.60. The first-order chi connectivity index (χ1) is 7.89. The van der Waals surface area contributed by atoms with Crippen molar-refractivity contribution in [2.45, 2.75) is 25.2 Å². The summed E-state index contributed by atoms with van der Waals surface area (Å²) in [7, 11) is 0. The van der Waals surface area contributed by atoms with E-state index in [0.29, 0.717) is 13.0 Å². The highest BCUT2D eigenvalue weighted by Crippen LogP contribution is 2.31. The van der Waals surface area contributed by atoms with Crippen LogP contribution in [0.3, 0.4) is 0 Å². The van der Waals surface area contributed by atoms with Crippen LogP contribution in [0.1, 0.15) is 12.8 Å². The fraction of sp³-hybridized carbons (Fsp3) is 0.778. The summed E-state index contributed by atoms with van der Waals surface area (Å²) >= 11 is 4.86. The predicted octanol–water partition coefficient (Wildman–Crippen LogP) is 1.02. The summed E-state index contributed by atoms with van der Waals surface area (Å²) in [4.78, 5) is 12.5. The number of amides is 1. The first-order valence-corrected chi connectivity index (χ1v) is 5.60. The van der Waals surface area contributed by atoms with Crippen molar-refractivity contribution in [3.8, 4) is 0 Å². The van der Waals surface area contributed by atoms with Gasteiger partial charge in [0, 0.05) is 13.2 Å². The molecule has 2 fully saturated rings. The summed E-state index contributed by atoms with van der Waals surface area (Å²) < 4.78 is 43.1. The van der Waals surface area contributed by atoms with Crippen molar-refractivity contribution in [3.63, 3.8) is 0 Å². The number of carbonyl (C=O) groups is 1. The van der Waals surface area contributed by atoms with E-state index in [1.807, 2.05) is 0 Å². The van der Waals surface area contributed by atoms with Gasteiger partial charge in [-0.3, -0.25) is 4.79 Å². The molecule has 2 saturated heterocycles. The van der Waals surface area contributed by atoms with Crippen LogP contribution in [0.5, 0.6) is 0 Å². The van der Waals surface area contributed by atoms with Gasteiger partial charge in [-0.1, -0.05) is 0 Å². The monoisotopic (exact) mass is 268 g/mol. The second-order valence-electron chi connectivity index (χ2n) is 4.01. The molecule has 0 radical (unpaired) electrons. The quantitative estimate of drug-likeness (QED) is 0.721. The number of nitrogens with one attached hydrogen (secondary N) is 1. The second-order valence-corrected chi connectivity index (χ2v) is 4.40. The largest absolute Gasteiger partial charge is 0.402 e. The van der Waals surface area contributed by atoms with Crippen LogP contribution in [-0.4, -0.2) is 41.5 Å². The van der Waals surface area contributed by atoms with Gasteiger partial charge in [0.05, 0.1) is 0 Å². The molecule has 8 heteroatoms. The van der Waals surface area contributed by atoms with E-state index in [-0.39, 0.29) is 5.11 Å². The third-order valence-electron chi connectivity index (χ3n) is 2.84. The zero-order valence-corrected chi connectivity index (χ0v) is 9.61. The Kier molecular flexibility index (Phi) is 3.26. The normalized spacial score (nSPS) is 30.6. The van der Waals surface area contributed by atoms with Crippen LogP contribution in [0.2, 0.25) is 0 Å². The van der Waals surface area contributed by atoms with E-state index in [4.69, 9.17) is 17.0 Å². The van der Waals surface area contributed by atoms with Crippen molar-refractivity contribution >= 4 is 23.2 Å². The molecule has 2 atom stereocenters. The van der Waals surface area contributed by atoms with Crippen LogP contribution in [0, 0.1) is 5.92 Å². The van der Waals surface area contributed by atoms with Gasteiger partial charge in [0.15, 0.2) is 11.0 Å². The molecule has 2 heterocycles. The molecule has 0 aromatic heterocycles. The minimum atomic E-state index is -4.56. The molecular weight excluding hydrogens is 257 g/mol. The molecule has 0 aliphatic carbocycles. The van der Waals surface area contributed by atoms with Gasteiger partial charge < -0.3 is 15.0 Å². The van der Waals surface area contributed by atoms with Crippen LogP contribution in [0.25, 0.3) is 0 Å². The summed E-state index contributed by atoms with van der Waals surface area (Å²) in [5.41, 5.74) is 0. The summed E-state index contributed by atoms with van der Waals surface area (Å²) in [6.45, 7) is 0.0489. The molecule has 0 saturated carbocycles. The molecule has 2 unspecified atom stereocenters. The second kappa shape index (κ2) is 4.41. The standard InChI is InChI=1S/C9H11F3N2O2S/c10-9(11,12)5-4-14(6-2-1-3-16-6)8(17)13-7(5)15/h5-6H,1-4H2,(H,13,15,17). The Labute approximate surface area is 101 Å². The van der Waals surface area contributed by atoms with Gasteiger partial charge in [-0.15, -0.1) is 0 Å². The van der Waals surface area contributed by atoms with Crippen molar-refractivity contribution in [1.82, 2.24) is 10.2 Å². The number of rotatable bonds is 1. The molecule has 0 aromatic rings. The summed E-state index contributed by atoms with van der Waals surface area (Å²) in [5.74, 6) is -3.13. The first-order valence-electron chi connectivity index (χ1n) is 5.19. The SMILES string of the molecule is O=C1NC(=S)N(C2CCCO2)CC1C(F)(F)F. The fourth-order valence-corrected chi connectivity index (χ4v) is 2.23. The summed E-state index contributed by atoms with van der Waals surface area (Å²) in [6.07, 6.45) is -3.60. The topological polar surface area (TPSA) is 41.6 Å². The molecule has 1 N–H and O–H groups in total. The maximum absolute atomic E-state index is 12.6. The number of alkyl halides is 3. The lowest BCUT2D eigenvalue weighted by molar-refractivity contribution is -0.189. The Balaban J connectivity index is 2.12. The average molecular weight is 268 g/mol. The first kappa shape index (κ1) is 12.6. The molecule has 2 aliphatic heterocycles. The van der Waals surface area contributed by atoms with E-state index >= 15 is 0 Å². The van der Waals surface area contributed by atoms with Gasteiger partial charge in [-0.25, -0.2) is 0 Å².